The quantitative estimate of drug-likeness (QED) is 0.268. The number of benzene rings is 2. The van der Waals surface area contributed by atoms with Gasteiger partial charge in [-0.25, -0.2) is 15.0 Å². The van der Waals surface area contributed by atoms with Gasteiger partial charge in [0, 0.05) is 68.1 Å². The van der Waals surface area contributed by atoms with Crippen LogP contribution in [-0.2, 0) is 12.7 Å². The normalized spacial score (nSPS) is 15.0. The molecule has 3 aromatic heterocycles. The van der Waals surface area contributed by atoms with E-state index in [1.165, 1.54) is 6.07 Å². The summed E-state index contributed by atoms with van der Waals surface area (Å²) in [7, 11) is 2.05. The van der Waals surface area contributed by atoms with E-state index in [1.54, 1.807) is 24.7 Å². The Kier molecular flexibility index (Phi) is 7.14. The van der Waals surface area contributed by atoms with Gasteiger partial charge in [0.05, 0.1) is 22.3 Å². The number of H-pyrrole nitrogens is 1. The second-order valence-corrected chi connectivity index (χ2v) is 10.4. The minimum atomic E-state index is -4.46. The number of hydrogen-bond acceptors (Lipinski definition) is 7. The van der Waals surface area contributed by atoms with Crippen molar-refractivity contribution < 1.29 is 13.2 Å². The van der Waals surface area contributed by atoms with E-state index in [0.717, 1.165) is 54.8 Å². The molecule has 6 rings (SSSR count). The average Bonchev–Trinajstić information content (AvgIpc) is 3.37. The molecule has 0 radical (unpaired) electrons. The topological polar surface area (TPSA) is 85.9 Å². The summed E-state index contributed by atoms with van der Waals surface area (Å²) in [5.74, 6) is 0.803. The molecule has 41 heavy (non-hydrogen) atoms. The van der Waals surface area contributed by atoms with Gasteiger partial charge in [-0.15, -0.1) is 0 Å². The third-order valence-corrected chi connectivity index (χ3v) is 7.28. The molecule has 4 heterocycles. The van der Waals surface area contributed by atoms with Crippen LogP contribution in [0.15, 0.2) is 67.1 Å². The predicted octanol–water partition coefficient (Wildman–Crippen LogP) is 5.90. The molecule has 0 unspecified atom stereocenters. The lowest BCUT2D eigenvalue weighted by Gasteiger charge is -2.32. The highest BCUT2D eigenvalue weighted by Gasteiger charge is 2.32. The molecule has 8 nitrogen and oxygen atoms in total. The maximum Gasteiger partial charge on any atom is 0.416 e. The van der Waals surface area contributed by atoms with Crippen molar-refractivity contribution in [1.29, 1.82) is 0 Å². The Bertz CT molecular complexity index is 1680. The molecule has 0 amide bonds. The van der Waals surface area contributed by atoms with Crippen LogP contribution in [0.4, 0.5) is 24.8 Å². The van der Waals surface area contributed by atoms with Gasteiger partial charge in [0.1, 0.15) is 5.82 Å². The number of aromatic nitrogens is 5. The predicted molar refractivity (Wildman–Crippen MR) is 153 cm³/mol. The van der Waals surface area contributed by atoms with Gasteiger partial charge in [-0.05, 0) is 73.6 Å². The molecule has 0 spiro atoms. The number of likely N-dealkylation sites (N-methyl/N-ethyl adjacent to an activating group) is 1. The van der Waals surface area contributed by atoms with Crippen molar-refractivity contribution in [3.63, 3.8) is 0 Å². The Morgan fingerprint density at radius 2 is 1.78 bits per heavy atom. The van der Waals surface area contributed by atoms with Gasteiger partial charge < -0.3 is 15.2 Å². The van der Waals surface area contributed by atoms with Crippen LogP contribution in [0.5, 0.6) is 0 Å². The fraction of sp³-hybridized carbons (Fsp3) is 0.267. The van der Waals surface area contributed by atoms with Crippen molar-refractivity contribution in [2.24, 2.45) is 0 Å². The number of anilines is 2. The SMILES string of the molecule is Cc1cc2nc(-c3cc(CN4CCN(C)CC4)cc(C(F)(F)F)c3)[nH]c2cc1Nc1nccc(-c2cccnc2)n1. The van der Waals surface area contributed by atoms with Gasteiger partial charge in [-0.2, -0.15) is 13.2 Å². The summed E-state index contributed by atoms with van der Waals surface area (Å²) in [6.45, 7) is 5.80. The zero-order chi connectivity index (χ0) is 28.6. The van der Waals surface area contributed by atoms with Crippen molar-refractivity contribution in [3.8, 4) is 22.6 Å². The lowest BCUT2D eigenvalue weighted by molar-refractivity contribution is -0.137. The first kappa shape index (κ1) is 26.9. The summed E-state index contributed by atoms with van der Waals surface area (Å²) in [6, 6.07) is 13.6. The highest BCUT2D eigenvalue weighted by molar-refractivity contribution is 5.85. The number of nitrogens with one attached hydrogen (secondary N) is 2. The van der Waals surface area contributed by atoms with Crippen LogP contribution in [0.3, 0.4) is 0 Å². The van der Waals surface area contributed by atoms with E-state index >= 15 is 0 Å². The third kappa shape index (κ3) is 6.06. The van der Waals surface area contributed by atoms with Crippen molar-refractivity contribution in [2.75, 3.05) is 38.5 Å². The lowest BCUT2D eigenvalue weighted by atomic mass is 10.0. The van der Waals surface area contributed by atoms with Gasteiger partial charge in [0.2, 0.25) is 5.95 Å². The van der Waals surface area contributed by atoms with E-state index in [2.05, 4.69) is 47.1 Å². The maximum atomic E-state index is 13.9. The zero-order valence-electron chi connectivity index (χ0n) is 22.7. The van der Waals surface area contributed by atoms with Gasteiger partial charge in [0.25, 0.3) is 0 Å². The number of pyridine rings is 1. The van der Waals surface area contributed by atoms with Crippen molar-refractivity contribution >= 4 is 22.7 Å². The van der Waals surface area contributed by atoms with Crippen LogP contribution < -0.4 is 5.32 Å². The number of aromatic amines is 1. The highest BCUT2D eigenvalue weighted by Crippen LogP contribution is 2.34. The number of piperazine rings is 1. The van der Waals surface area contributed by atoms with Crippen LogP contribution in [-0.4, -0.2) is 67.9 Å². The first-order valence-corrected chi connectivity index (χ1v) is 13.3. The number of alkyl halides is 3. The minimum absolute atomic E-state index is 0.386. The largest absolute Gasteiger partial charge is 0.416 e. The van der Waals surface area contributed by atoms with E-state index < -0.39 is 11.7 Å². The molecule has 0 atom stereocenters. The molecule has 1 saturated heterocycles. The summed E-state index contributed by atoms with van der Waals surface area (Å²) < 4.78 is 41.6. The molecular formula is C30H29F3N8. The zero-order valence-corrected chi connectivity index (χ0v) is 22.7. The molecule has 1 aliphatic rings. The smallest absolute Gasteiger partial charge is 0.338 e. The third-order valence-electron chi connectivity index (χ3n) is 7.28. The Balaban J connectivity index is 1.30. The summed E-state index contributed by atoms with van der Waals surface area (Å²) in [4.78, 5) is 25.4. The second kappa shape index (κ2) is 10.9. The van der Waals surface area contributed by atoms with Crippen molar-refractivity contribution in [2.45, 2.75) is 19.6 Å². The van der Waals surface area contributed by atoms with Crippen LogP contribution in [0, 0.1) is 6.92 Å². The summed E-state index contributed by atoms with van der Waals surface area (Å²) in [5.41, 5.74) is 4.95. The number of imidazole rings is 1. The highest BCUT2D eigenvalue weighted by atomic mass is 19.4. The molecule has 0 bridgehead atoms. The van der Waals surface area contributed by atoms with Gasteiger partial charge >= 0.3 is 6.18 Å². The van der Waals surface area contributed by atoms with E-state index in [4.69, 9.17) is 0 Å². The second-order valence-electron chi connectivity index (χ2n) is 10.4. The maximum absolute atomic E-state index is 13.9. The van der Waals surface area contributed by atoms with Crippen LogP contribution in [0.25, 0.3) is 33.7 Å². The molecule has 0 saturated carbocycles. The Labute approximate surface area is 235 Å². The van der Waals surface area contributed by atoms with E-state index in [1.807, 2.05) is 37.3 Å². The number of halogens is 3. The number of nitrogens with zero attached hydrogens (tertiary/aromatic N) is 6. The van der Waals surface area contributed by atoms with Crippen molar-refractivity contribution in [1.82, 2.24) is 34.7 Å². The van der Waals surface area contributed by atoms with E-state index in [0.29, 0.717) is 40.5 Å². The molecule has 2 N–H and O–H groups in total. The Morgan fingerprint density at radius 1 is 0.951 bits per heavy atom. The molecular weight excluding hydrogens is 529 g/mol. The number of rotatable bonds is 6. The molecule has 2 aromatic carbocycles. The van der Waals surface area contributed by atoms with Crippen LogP contribution >= 0.6 is 0 Å². The van der Waals surface area contributed by atoms with E-state index in [9.17, 15) is 13.2 Å². The first-order chi connectivity index (χ1) is 19.7. The monoisotopic (exact) mass is 558 g/mol. The lowest BCUT2D eigenvalue weighted by Crippen LogP contribution is -2.43. The summed E-state index contributed by atoms with van der Waals surface area (Å²) in [6.07, 6.45) is 0.652. The molecule has 11 heteroatoms. The number of fused-ring (bicyclic) bond motifs is 1. The van der Waals surface area contributed by atoms with Crippen molar-refractivity contribution in [3.05, 3.63) is 83.8 Å². The van der Waals surface area contributed by atoms with Crippen LogP contribution in [0.2, 0.25) is 0 Å². The molecule has 210 valence electrons. The fourth-order valence-electron chi connectivity index (χ4n) is 4.99. The first-order valence-electron chi connectivity index (χ1n) is 13.3. The Hall–Kier alpha value is -4.35. The molecule has 5 aromatic rings. The molecule has 0 aliphatic carbocycles. The molecule has 1 aliphatic heterocycles. The number of hydrogen-bond donors (Lipinski definition) is 2. The minimum Gasteiger partial charge on any atom is -0.338 e. The van der Waals surface area contributed by atoms with Gasteiger partial charge in [0.15, 0.2) is 0 Å². The van der Waals surface area contributed by atoms with Gasteiger partial charge in [-0.1, -0.05) is 0 Å². The molecule has 1 fully saturated rings. The standard InChI is InChI=1S/C30H29F3N8/c1-19-12-26-27(16-25(19)39-29-35-7-5-24(38-29)21-4-3-6-34-17-21)37-28(36-26)22-13-20(14-23(15-22)30(31,32)33)18-41-10-8-40(2)9-11-41/h3-7,12-17H,8-11,18H2,1-2H3,(H,36,37)(H,35,38,39). The summed E-state index contributed by atoms with van der Waals surface area (Å²) >= 11 is 0. The number of aryl methyl sites for hydroxylation is 1. The van der Waals surface area contributed by atoms with Gasteiger partial charge in [-0.3, -0.25) is 9.88 Å². The fourth-order valence-corrected chi connectivity index (χ4v) is 4.99. The summed E-state index contributed by atoms with van der Waals surface area (Å²) in [5, 5.41) is 3.26. The van der Waals surface area contributed by atoms with Crippen LogP contribution in [0.1, 0.15) is 16.7 Å². The average molecular weight is 559 g/mol. The van der Waals surface area contributed by atoms with E-state index in [-0.39, 0.29) is 0 Å². The Morgan fingerprint density at radius 3 is 2.54 bits per heavy atom.